The first-order valence-corrected chi connectivity index (χ1v) is 9.00. The van der Waals surface area contributed by atoms with Gasteiger partial charge in [-0.15, -0.1) is 21.5 Å². The van der Waals surface area contributed by atoms with Gasteiger partial charge < -0.3 is 5.11 Å². The van der Waals surface area contributed by atoms with Gasteiger partial charge in [-0.25, -0.2) is 0 Å². The van der Waals surface area contributed by atoms with Crippen LogP contribution in [0.1, 0.15) is 29.2 Å². The largest absolute Gasteiger partial charge is 0.481 e. The Bertz CT molecular complexity index is 664. The molecule has 2 heterocycles. The van der Waals surface area contributed by atoms with Crippen molar-refractivity contribution in [2.75, 3.05) is 5.75 Å². The fourth-order valence-corrected chi connectivity index (χ4v) is 4.99. The summed E-state index contributed by atoms with van der Waals surface area (Å²) in [7, 11) is 0. The quantitative estimate of drug-likeness (QED) is 0.593. The first kappa shape index (κ1) is 14.3. The van der Waals surface area contributed by atoms with Crippen molar-refractivity contribution in [3.8, 4) is 5.00 Å². The van der Waals surface area contributed by atoms with Crippen molar-refractivity contribution in [3.05, 3.63) is 20.3 Å². The number of nitrogens with zero attached hydrogens (tertiary/aromatic N) is 3. The Morgan fingerprint density at radius 2 is 2.35 bits per heavy atom. The number of aryl methyl sites for hydroxylation is 1. The Balaban J connectivity index is 1.94. The lowest BCUT2D eigenvalue weighted by Gasteiger charge is -2.03. The van der Waals surface area contributed by atoms with Crippen molar-refractivity contribution < 1.29 is 9.90 Å². The minimum absolute atomic E-state index is 0.00534. The topological polar surface area (TPSA) is 68.0 Å². The SMILES string of the molecule is Cc1cc(-n2c(I)nnc2SCC(=O)O)sc1C1CC1. The lowest BCUT2D eigenvalue weighted by Crippen LogP contribution is -2.01. The van der Waals surface area contributed by atoms with E-state index in [9.17, 15) is 4.79 Å². The highest BCUT2D eigenvalue weighted by Crippen LogP contribution is 2.46. The van der Waals surface area contributed by atoms with Crippen LogP contribution >= 0.6 is 45.7 Å². The van der Waals surface area contributed by atoms with Crippen molar-refractivity contribution in [2.45, 2.75) is 30.8 Å². The standard InChI is InChI=1S/C12H12IN3O2S2/c1-6-4-8(20-10(6)7-2-3-7)16-11(13)14-15-12(16)19-5-9(17)18/h4,7H,2-3,5H2,1H3,(H,17,18). The number of hydrogen-bond acceptors (Lipinski definition) is 5. The van der Waals surface area contributed by atoms with E-state index in [4.69, 9.17) is 5.11 Å². The average molecular weight is 421 g/mol. The van der Waals surface area contributed by atoms with Gasteiger partial charge in [0.25, 0.3) is 0 Å². The number of carboxylic acid groups (broad SMARTS) is 1. The van der Waals surface area contributed by atoms with E-state index in [0.717, 1.165) is 14.8 Å². The van der Waals surface area contributed by atoms with Gasteiger partial charge in [0.2, 0.25) is 0 Å². The Hall–Kier alpha value is -0.610. The molecule has 3 rings (SSSR count). The van der Waals surface area contributed by atoms with Crippen molar-refractivity contribution >= 4 is 51.7 Å². The molecule has 0 bridgehead atoms. The molecule has 0 spiro atoms. The molecule has 20 heavy (non-hydrogen) atoms. The van der Waals surface area contributed by atoms with Crippen LogP contribution in [0.3, 0.4) is 0 Å². The van der Waals surface area contributed by atoms with E-state index in [2.05, 4.69) is 45.8 Å². The molecule has 8 heteroatoms. The molecule has 1 N–H and O–H groups in total. The Morgan fingerprint density at radius 1 is 1.60 bits per heavy atom. The van der Waals surface area contributed by atoms with Gasteiger partial charge in [0, 0.05) is 27.5 Å². The third-order valence-corrected chi connectivity index (χ3v) is 6.03. The maximum absolute atomic E-state index is 10.7. The molecular weight excluding hydrogens is 409 g/mol. The summed E-state index contributed by atoms with van der Waals surface area (Å²) in [5, 5.41) is 18.6. The molecule has 0 radical (unpaired) electrons. The predicted molar refractivity (Wildman–Crippen MR) is 87.0 cm³/mol. The van der Waals surface area contributed by atoms with Crippen molar-refractivity contribution in [3.63, 3.8) is 0 Å². The monoisotopic (exact) mass is 421 g/mol. The molecule has 0 aromatic carbocycles. The average Bonchev–Trinajstić information content (AvgIpc) is 3.06. The van der Waals surface area contributed by atoms with E-state index in [1.165, 1.54) is 35.0 Å². The van der Waals surface area contributed by atoms with Crippen LogP contribution in [-0.4, -0.2) is 31.6 Å². The Labute approximate surface area is 137 Å². The predicted octanol–water partition coefficient (Wildman–Crippen LogP) is 3.30. The van der Waals surface area contributed by atoms with E-state index >= 15 is 0 Å². The van der Waals surface area contributed by atoms with Gasteiger partial charge in [-0.1, -0.05) is 11.8 Å². The van der Waals surface area contributed by atoms with E-state index in [-0.39, 0.29) is 5.75 Å². The van der Waals surface area contributed by atoms with Gasteiger partial charge in [0.05, 0.1) is 5.75 Å². The van der Waals surface area contributed by atoms with E-state index in [0.29, 0.717) is 5.16 Å². The van der Waals surface area contributed by atoms with Crippen molar-refractivity contribution in [1.29, 1.82) is 0 Å². The summed E-state index contributed by atoms with van der Waals surface area (Å²) in [6.07, 6.45) is 2.56. The summed E-state index contributed by atoms with van der Waals surface area (Å²) in [5.74, 6) is -0.132. The first-order valence-electron chi connectivity index (χ1n) is 6.12. The number of thiophene rings is 1. The zero-order chi connectivity index (χ0) is 14.3. The molecule has 0 unspecified atom stereocenters. The molecule has 106 valence electrons. The maximum atomic E-state index is 10.7. The molecule has 1 saturated carbocycles. The highest BCUT2D eigenvalue weighted by atomic mass is 127. The second-order valence-electron chi connectivity index (χ2n) is 4.68. The van der Waals surface area contributed by atoms with E-state index in [1.54, 1.807) is 11.3 Å². The van der Waals surface area contributed by atoms with Crippen molar-refractivity contribution in [2.24, 2.45) is 0 Å². The molecular formula is C12H12IN3O2S2. The number of halogens is 1. The summed E-state index contributed by atoms with van der Waals surface area (Å²) < 4.78 is 2.71. The van der Waals surface area contributed by atoms with Gasteiger partial charge in [0.1, 0.15) is 5.00 Å². The molecule has 0 saturated heterocycles. The van der Waals surface area contributed by atoms with Gasteiger partial charge in [-0.05, 0) is 37.3 Å². The number of aliphatic carboxylic acids is 1. The summed E-state index contributed by atoms with van der Waals surface area (Å²) >= 11 is 5.10. The Kier molecular flexibility index (Phi) is 4.04. The molecule has 0 aliphatic heterocycles. The van der Waals surface area contributed by atoms with Crippen LogP contribution in [0.25, 0.3) is 5.00 Å². The molecule has 0 atom stereocenters. The first-order chi connectivity index (χ1) is 9.56. The molecule has 1 aliphatic carbocycles. The van der Waals surface area contributed by atoms with Crippen LogP contribution in [0.5, 0.6) is 0 Å². The van der Waals surface area contributed by atoms with Gasteiger partial charge >= 0.3 is 5.97 Å². The number of carbonyl (C=O) groups is 1. The van der Waals surface area contributed by atoms with Gasteiger partial charge in [-0.2, -0.15) is 0 Å². The fourth-order valence-electron chi connectivity index (χ4n) is 2.00. The normalized spacial score (nSPS) is 14.7. The number of aromatic nitrogens is 3. The molecule has 1 aliphatic rings. The van der Waals surface area contributed by atoms with Crippen LogP contribution in [0.4, 0.5) is 0 Å². The molecule has 2 aromatic rings. The minimum atomic E-state index is -0.847. The zero-order valence-electron chi connectivity index (χ0n) is 10.7. The number of rotatable bonds is 5. The highest BCUT2D eigenvalue weighted by Gasteiger charge is 2.28. The number of carboxylic acids is 1. The maximum Gasteiger partial charge on any atom is 0.313 e. The third-order valence-electron chi connectivity index (χ3n) is 3.03. The molecule has 0 amide bonds. The summed E-state index contributed by atoms with van der Waals surface area (Å²) in [6, 6.07) is 2.15. The summed E-state index contributed by atoms with van der Waals surface area (Å²) in [6.45, 7) is 2.13. The van der Waals surface area contributed by atoms with E-state index < -0.39 is 5.97 Å². The smallest absolute Gasteiger partial charge is 0.313 e. The van der Waals surface area contributed by atoms with Crippen LogP contribution in [-0.2, 0) is 4.79 Å². The van der Waals surface area contributed by atoms with Crippen LogP contribution in [0.15, 0.2) is 11.2 Å². The van der Waals surface area contributed by atoms with Crippen LogP contribution in [0.2, 0.25) is 0 Å². The molecule has 5 nitrogen and oxygen atoms in total. The van der Waals surface area contributed by atoms with Gasteiger partial charge in [0.15, 0.2) is 8.99 Å². The van der Waals surface area contributed by atoms with Gasteiger partial charge in [-0.3, -0.25) is 9.36 Å². The van der Waals surface area contributed by atoms with Crippen molar-refractivity contribution in [1.82, 2.24) is 14.8 Å². The number of thioether (sulfide) groups is 1. The minimum Gasteiger partial charge on any atom is -0.481 e. The zero-order valence-corrected chi connectivity index (χ0v) is 14.5. The highest BCUT2D eigenvalue weighted by molar-refractivity contribution is 14.1. The van der Waals surface area contributed by atoms with Crippen LogP contribution in [0, 0.1) is 10.8 Å². The van der Waals surface area contributed by atoms with E-state index in [1.807, 2.05) is 4.57 Å². The second-order valence-corrected chi connectivity index (χ2v) is 7.65. The number of hydrogen-bond donors (Lipinski definition) is 1. The fraction of sp³-hybridized carbons (Fsp3) is 0.417. The Morgan fingerprint density at radius 3 is 3.00 bits per heavy atom. The van der Waals surface area contributed by atoms with Crippen LogP contribution < -0.4 is 0 Å². The molecule has 2 aromatic heterocycles. The summed E-state index contributed by atoms with van der Waals surface area (Å²) in [5.41, 5.74) is 1.31. The molecule has 1 fully saturated rings. The lowest BCUT2D eigenvalue weighted by molar-refractivity contribution is -0.133. The lowest BCUT2D eigenvalue weighted by atomic mass is 10.2. The third kappa shape index (κ3) is 2.86. The summed E-state index contributed by atoms with van der Waals surface area (Å²) in [4.78, 5) is 12.1. The second kappa shape index (κ2) is 5.64.